The van der Waals surface area contributed by atoms with Gasteiger partial charge < -0.3 is 39.4 Å². The zero-order valence-corrected chi connectivity index (χ0v) is 35.7. The van der Waals surface area contributed by atoms with Crippen molar-refractivity contribution in [1.29, 1.82) is 0 Å². The van der Waals surface area contributed by atoms with Gasteiger partial charge in [0.15, 0.2) is 18.5 Å². The van der Waals surface area contributed by atoms with E-state index in [1.807, 2.05) is 0 Å². The van der Waals surface area contributed by atoms with Crippen LogP contribution in [0.3, 0.4) is 0 Å². The first kappa shape index (κ1) is 52.2. The Kier molecular flexibility index (Phi) is 33.9. The largest absolute Gasteiger partial charge is 0.479 e. The van der Waals surface area contributed by atoms with E-state index in [9.17, 15) is 34.8 Å². The molecule has 330 valence electrons. The van der Waals surface area contributed by atoms with Crippen molar-refractivity contribution in [2.75, 3.05) is 13.2 Å². The second-order valence-electron chi connectivity index (χ2n) is 16.3. The minimum Gasteiger partial charge on any atom is -0.479 e. The quantitative estimate of drug-likeness (QED) is 0.0345. The Morgan fingerprint density at radius 1 is 0.482 bits per heavy atom. The molecule has 1 rings (SSSR count). The van der Waals surface area contributed by atoms with E-state index in [-0.39, 0.29) is 26.1 Å². The Balaban J connectivity index is 2.32. The number of esters is 2. The van der Waals surface area contributed by atoms with E-state index in [2.05, 4.69) is 13.8 Å². The van der Waals surface area contributed by atoms with Gasteiger partial charge in [0.05, 0.1) is 6.61 Å². The number of aliphatic hydroxyl groups excluding tert-OH is 3. The molecule has 0 aromatic heterocycles. The minimum atomic E-state index is -1.85. The number of unbranched alkanes of at least 4 members (excludes halogenated alkanes) is 28. The second-order valence-corrected chi connectivity index (χ2v) is 16.3. The number of hydrogen-bond donors (Lipinski definition) is 4. The lowest BCUT2D eigenvalue weighted by molar-refractivity contribution is -0.298. The normalized spacial score (nSPS) is 20.2. The molecule has 1 fully saturated rings. The van der Waals surface area contributed by atoms with Crippen molar-refractivity contribution >= 4 is 17.9 Å². The first-order chi connectivity index (χ1) is 27.2. The molecule has 56 heavy (non-hydrogen) atoms. The average Bonchev–Trinajstić information content (AvgIpc) is 3.18. The van der Waals surface area contributed by atoms with Crippen molar-refractivity contribution in [1.82, 2.24) is 0 Å². The predicted molar refractivity (Wildman–Crippen MR) is 220 cm³/mol. The summed E-state index contributed by atoms with van der Waals surface area (Å²) in [5.41, 5.74) is 0. The summed E-state index contributed by atoms with van der Waals surface area (Å²) in [5, 5.41) is 39.8. The maximum absolute atomic E-state index is 12.7. The summed E-state index contributed by atoms with van der Waals surface area (Å²) in [6.45, 7) is 3.83. The van der Waals surface area contributed by atoms with Gasteiger partial charge in [0, 0.05) is 12.8 Å². The van der Waals surface area contributed by atoms with Gasteiger partial charge in [0.1, 0.15) is 24.9 Å². The maximum atomic E-state index is 12.7. The zero-order chi connectivity index (χ0) is 41.1. The number of aliphatic carboxylic acids is 1. The first-order valence-corrected chi connectivity index (χ1v) is 23.1. The van der Waals surface area contributed by atoms with Crippen molar-refractivity contribution in [2.45, 2.75) is 256 Å². The molecular formula is C45H84O11. The number of hydrogen-bond acceptors (Lipinski definition) is 10. The van der Waals surface area contributed by atoms with E-state index in [0.717, 1.165) is 38.5 Å². The summed E-state index contributed by atoms with van der Waals surface area (Å²) in [5.74, 6) is -2.42. The van der Waals surface area contributed by atoms with Gasteiger partial charge in [-0.2, -0.15) is 0 Å². The molecule has 4 N–H and O–H groups in total. The molecule has 0 radical (unpaired) electrons. The highest BCUT2D eigenvalue weighted by molar-refractivity contribution is 5.73. The summed E-state index contributed by atoms with van der Waals surface area (Å²) in [6.07, 6.45) is 27.3. The molecule has 0 aromatic rings. The zero-order valence-electron chi connectivity index (χ0n) is 35.7. The van der Waals surface area contributed by atoms with E-state index in [1.165, 1.54) is 141 Å². The highest BCUT2D eigenvalue weighted by Gasteiger charge is 2.47. The van der Waals surface area contributed by atoms with Crippen LogP contribution in [0.25, 0.3) is 0 Å². The number of carboxylic acids is 1. The van der Waals surface area contributed by atoms with Crippen LogP contribution < -0.4 is 0 Å². The molecule has 11 nitrogen and oxygen atoms in total. The SMILES string of the molecule is CCCCCCCCCCCCCCCCCCCCC(=O)OCC(COC1OC(C(=O)O)C(O)C(O)C1O)OC(=O)CCCCCCCCCCCCCC. The van der Waals surface area contributed by atoms with Gasteiger partial charge in [-0.25, -0.2) is 4.79 Å². The standard InChI is InChI=1S/C45H84O11/c1-3-5-7-9-11-13-15-17-18-19-20-21-22-24-25-27-29-31-33-38(46)53-35-37(36-54-45-42(50)40(48)41(49)43(56-45)44(51)52)55-39(47)34-32-30-28-26-23-16-14-12-10-8-6-4-2/h37,40-43,45,48-50H,3-36H2,1-2H3,(H,51,52). The van der Waals surface area contributed by atoms with Crippen LogP contribution in [-0.4, -0.2) is 88.4 Å². The number of ether oxygens (including phenoxy) is 4. The van der Waals surface area contributed by atoms with Gasteiger partial charge in [-0.1, -0.05) is 194 Å². The van der Waals surface area contributed by atoms with Gasteiger partial charge in [0.2, 0.25) is 0 Å². The minimum absolute atomic E-state index is 0.190. The summed E-state index contributed by atoms with van der Waals surface area (Å²) in [6, 6.07) is 0. The van der Waals surface area contributed by atoms with Crippen LogP contribution in [0.1, 0.15) is 219 Å². The fourth-order valence-corrected chi connectivity index (χ4v) is 7.29. The summed E-state index contributed by atoms with van der Waals surface area (Å²) in [4.78, 5) is 36.8. The Hall–Kier alpha value is -1.79. The van der Waals surface area contributed by atoms with Crippen LogP contribution in [0.4, 0.5) is 0 Å². The summed E-state index contributed by atoms with van der Waals surface area (Å²) < 4.78 is 21.7. The van der Waals surface area contributed by atoms with Crippen molar-refractivity contribution in [3.05, 3.63) is 0 Å². The molecule has 0 aliphatic carbocycles. The van der Waals surface area contributed by atoms with Crippen molar-refractivity contribution < 1.29 is 53.8 Å². The molecule has 0 spiro atoms. The number of carboxylic acid groups (broad SMARTS) is 1. The fraction of sp³-hybridized carbons (Fsp3) is 0.933. The van der Waals surface area contributed by atoms with Gasteiger partial charge in [0.25, 0.3) is 0 Å². The molecule has 0 aromatic carbocycles. The monoisotopic (exact) mass is 801 g/mol. The van der Waals surface area contributed by atoms with Gasteiger partial charge in [-0.15, -0.1) is 0 Å². The van der Waals surface area contributed by atoms with E-state index < -0.39 is 54.7 Å². The molecule has 6 unspecified atom stereocenters. The third kappa shape index (κ3) is 27.8. The molecule has 0 bridgehead atoms. The second kappa shape index (κ2) is 36.3. The molecule has 11 heteroatoms. The first-order valence-electron chi connectivity index (χ1n) is 23.1. The van der Waals surface area contributed by atoms with E-state index in [4.69, 9.17) is 18.9 Å². The van der Waals surface area contributed by atoms with Gasteiger partial charge >= 0.3 is 17.9 Å². The van der Waals surface area contributed by atoms with Crippen LogP contribution in [0.15, 0.2) is 0 Å². The van der Waals surface area contributed by atoms with Crippen LogP contribution in [0.2, 0.25) is 0 Å². The number of carbonyl (C=O) groups excluding carboxylic acids is 2. The van der Waals surface area contributed by atoms with Crippen LogP contribution in [-0.2, 0) is 33.3 Å². The Bertz CT molecular complexity index is 947. The van der Waals surface area contributed by atoms with Crippen LogP contribution in [0.5, 0.6) is 0 Å². The van der Waals surface area contributed by atoms with Gasteiger partial charge in [-0.05, 0) is 12.8 Å². The number of carbonyl (C=O) groups is 3. The Morgan fingerprint density at radius 2 is 0.839 bits per heavy atom. The van der Waals surface area contributed by atoms with E-state index >= 15 is 0 Å². The fourth-order valence-electron chi connectivity index (χ4n) is 7.29. The molecule has 0 saturated carbocycles. The lowest BCUT2D eigenvalue weighted by Gasteiger charge is -2.38. The molecule has 1 saturated heterocycles. The summed E-state index contributed by atoms with van der Waals surface area (Å²) >= 11 is 0. The van der Waals surface area contributed by atoms with Crippen LogP contribution in [0, 0.1) is 0 Å². The predicted octanol–water partition coefficient (Wildman–Crippen LogP) is 9.87. The van der Waals surface area contributed by atoms with Crippen molar-refractivity contribution in [3.8, 4) is 0 Å². The Labute approximate surface area is 340 Å². The van der Waals surface area contributed by atoms with E-state index in [0.29, 0.717) is 12.8 Å². The lowest BCUT2D eigenvalue weighted by atomic mass is 9.99. The molecule has 1 heterocycles. The van der Waals surface area contributed by atoms with Crippen molar-refractivity contribution in [2.24, 2.45) is 0 Å². The molecule has 1 aliphatic heterocycles. The lowest BCUT2D eigenvalue weighted by Crippen LogP contribution is -2.60. The summed E-state index contributed by atoms with van der Waals surface area (Å²) in [7, 11) is 0. The maximum Gasteiger partial charge on any atom is 0.335 e. The third-order valence-corrected chi connectivity index (χ3v) is 11.0. The molecule has 1 aliphatic rings. The molecular weight excluding hydrogens is 716 g/mol. The van der Waals surface area contributed by atoms with E-state index in [1.54, 1.807) is 0 Å². The average molecular weight is 801 g/mol. The topological polar surface area (TPSA) is 169 Å². The molecule has 0 amide bonds. The number of aliphatic hydroxyl groups is 3. The molecule has 6 atom stereocenters. The highest BCUT2D eigenvalue weighted by Crippen LogP contribution is 2.23. The third-order valence-electron chi connectivity index (χ3n) is 11.0. The smallest absolute Gasteiger partial charge is 0.335 e. The Morgan fingerprint density at radius 3 is 1.21 bits per heavy atom. The highest BCUT2D eigenvalue weighted by atomic mass is 16.7. The van der Waals surface area contributed by atoms with Crippen molar-refractivity contribution in [3.63, 3.8) is 0 Å². The van der Waals surface area contributed by atoms with Crippen LogP contribution >= 0.6 is 0 Å². The number of rotatable bonds is 39. The van der Waals surface area contributed by atoms with Gasteiger partial charge in [-0.3, -0.25) is 9.59 Å².